The molecule has 2 atom stereocenters. The molecular formula is C42H45ClF2N6O4. The number of nitrogens with zero attached hydrogens (tertiary/aromatic N) is 6. The van der Waals surface area contributed by atoms with Crippen LogP contribution in [-0.2, 0) is 13.1 Å². The fourth-order valence-corrected chi connectivity index (χ4v) is 8.52. The molecule has 5 heterocycles. The molecule has 5 aromatic rings. The number of methoxy groups -OCH3 is 2. The van der Waals surface area contributed by atoms with Crippen molar-refractivity contribution < 1.29 is 27.7 Å². The molecule has 0 bridgehead atoms. The summed E-state index contributed by atoms with van der Waals surface area (Å²) in [7, 11) is 5.15. The van der Waals surface area contributed by atoms with Crippen LogP contribution in [0.3, 0.4) is 0 Å². The topological polar surface area (TPSA) is 85.3 Å². The van der Waals surface area contributed by atoms with Gasteiger partial charge < -0.3 is 28.7 Å². The molecule has 3 aromatic carbocycles. The number of alkyl halides is 1. The van der Waals surface area contributed by atoms with Gasteiger partial charge in [0.05, 0.1) is 48.0 Å². The van der Waals surface area contributed by atoms with Crippen LogP contribution in [0.4, 0.5) is 20.4 Å². The van der Waals surface area contributed by atoms with Crippen LogP contribution in [0.2, 0.25) is 5.02 Å². The fraction of sp³-hybridized carbons (Fsp3) is 0.405. The van der Waals surface area contributed by atoms with Crippen LogP contribution in [0.15, 0.2) is 54.6 Å². The van der Waals surface area contributed by atoms with Gasteiger partial charge in [0.15, 0.2) is 11.6 Å². The molecule has 55 heavy (non-hydrogen) atoms. The standard InChI is InChI=1S/C42H45ClF2N6O4/c1-25-19-32(50(21-27-7-11-30(52-4)12-8-27)22-28-9-13-31(53-5)14-10-28)46-37(26(25)2)33-35(43)39-34-38(36(33)45)47-41(48-40(34)49(3)17-18-54-39)55-24-42-15-6-16-51(42)23-29(44)20-42/h7-14,19,29H,6,15-18,20-24H2,1-5H3/t29-,42+/m1/s1. The van der Waals surface area contributed by atoms with Crippen molar-refractivity contribution in [3.05, 3.63) is 87.7 Å². The van der Waals surface area contributed by atoms with Crippen LogP contribution in [-0.4, -0.2) is 85.7 Å². The number of pyridine rings is 1. The van der Waals surface area contributed by atoms with Crippen LogP contribution in [0.25, 0.3) is 22.2 Å². The summed E-state index contributed by atoms with van der Waals surface area (Å²) in [6.45, 7) is 7.14. The monoisotopic (exact) mass is 770 g/mol. The number of aromatic nitrogens is 3. The van der Waals surface area contributed by atoms with Crippen molar-refractivity contribution in [3.8, 4) is 34.5 Å². The van der Waals surface area contributed by atoms with Crippen molar-refractivity contribution in [1.82, 2.24) is 19.9 Å². The van der Waals surface area contributed by atoms with Gasteiger partial charge in [-0.15, -0.1) is 0 Å². The van der Waals surface area contributed by atoms with Gasteiger partial charge >= 0.3 is 6.01 Å². The molecule has 3 aliphatic rings. The Labute approximate surface area is 324 Å². The van der Waals surface area contributed by atoms with E-state index in [1.807, 2.05) is 80.4 Å². The van der Waals surface area contributed by atoms with Gasteiger partial charge in [-0.3, -0.25) is 4.90 Å². The maximum atomic E-state index is 17.4. The molecule has 0 spiro atoms. The third-order valence-corrected chi connectivity index (χ3v) is 11.7. The number of ether oxygens (including phenoxy) is 4. The molecule has 0 amide bonds. The highest BCUT2D eigenvalue weighted by Crippen LogP contribution is 2.48. The smallest absolute Gasteiger partial charge is 0.319 e. The third-order valence-electron chi connectivity index (χ3n) is 11.4. The Hall–Kier alpha value is -4.94. The number of rotatable bonds is 11. The minimum absolute atomic E-state index is 0.0243. The fourth-order valence-electron chi connectivity index (χ4n) is 8.20. The summed E-state index contributed by atoms with van der Waals surface area (Å²) in [6, 6.07) is 17.8. The van der Waals surface area contributed by atoms with Gasteiger partial charge in [-0.25, -0.2) is 13.8 Å². The third kappa shape index (κ3) is 6.95. The molecule has 0 unspecified atom stereocenters. The molecule has 3 aliphatic heterocycles. The van der Waals surface area contributed by atoms with E-state index >= 15 is 4.39 Å². The summed E-state index contributed by atoms with van der Waals surface area (Å²) in [5.41, 5.74) is 3.85. The Morgan fingerprint density at radius 3 is 2.29 bits per heavy atom. The zero-order valence-electron chi connectivity index (χ0n) is 31.8. The summed E-state index contributed by atoms with van der Waals surface area (Å²) in [5.74, 6) is 2.27. The molecule has 288 valence electrons. The van der Waals surface area contributed by atoms with Gasteiger partial charge in [0.25, 0.3) is 0 Å². The second-order valence-electron chi connectivity index (χ2n) is 14.8. The van der Waals surface area contributed by atoms with E-state index in [2.05, 4.69) is 14.8 Å². The Kier molecular flexibility index (Phi) is 10.1. The number of halogens is 3. The maximum absolute atomic E-state index is 17.4. The minimum atomic E-state index is -0.905. The molecule has 0 N–H and O–H groups in total. The van der Waals surface area contributed by atoms with E-state index in [0.717, 1.165) is 53.1 Å². The zero-order valence-corrected chi connectivity index (χ0v) is 32.6. The van der Waals surface area contributed by atoms with Gasteiger partial charge in [0, 0.05) is 33.1 Å². The lowest BCUT2D eigenvalue weighted by atomic mass is 9.95. The second-order valence-corrected chi connectivity index (χ2v) is 15.2. The lowest BCUT2D eigenvalue weighted by molar-refractivity contribution is 0.107. The van der Waals surface area contributed by atoms with E-state index in [-0.39, 0.29) is 28.7 Å². The van der Waals surface area contributed by atoms with Crippen molar-refractivity contribution in [2.45, 2.75) is 57.9 Å². The average molecular weight is 771 g/mol. The molecule has 2 aromatic heterocycles. The number of hydrogen-bond acceptors (Lipinski definition) is 10. The normalized spacial score (nSPS) is 19.3. The number of likely N-dealkylation sites (N-methyl/N-ethyl adjacent to an activating group) is 1. The second kappa shape index (κ2) is 15.0. The molecule has 2 fully saturated rings. The van der Waals surface area contributed by atoms with Gasteiger partial charge in [-0.2, -0.15) is 9.97 Å². The summed E-state index contributed by atoms with van der Waals surface area (Å²) in [6.07, 6.45) is 1.29. The van der Waals surface area contributed by atoms with Crippen molar-refractivity contribution in [1.29, 1.82) is 0 Å². The molecule has 0 radical (unpaired) electrons. The van der Waals surface area contributed by atoms with Crippen LogP contribution >= 0.6 is 11.6 Å². The average Bonchev–Trinajstić information content (AvgIpc) is 3.66. The minimum Gasteiger partial charge on any atom is -0.497 e. The van der Waals surface area contributed by atoms with Crippen molar-refractivity contribution in [2.75, 3.05) is 63.9 Å². The maximum Gasteiger partial charge on any atom is 0.319 e. The number of benzene rings is 3. The number of hydrogen-bond donors (Lipinski definition) is 0. The Morgan fingerprint density at radius 2 is 1.64 bits per heavy atom. The molecule has 2 saturated heterocycles. The molecule has 0 saturated carbocycles. The summed E-state index contributed by atoms with van der Waals surface area (Å²) >= 11 is 7.20. The predicted molar refractivity (Wildman–Crippen MR) is 210 cm³/mol. The SMILES string of the molecule is COc1ccc(CN(Cc2ccc(OC)cc2)c2cc(C)c(C)c(-c3c(Cl)c4c5c(nc(OC[C@@]67CCCN6C[C@H](F)C7)nc5c3F)N(C)CCO4)n2)cc1. The van der Waals surface area contributed by atoms with E-state index in [1.165, 1.54) is 0 Å². The Morgan fingerprint density at radius 1 is 0.964 bits per heavy atom. The summed E-state index contributed by atoms with van der Waals surface area (Å²) < 4.78 is 55.3. The summed E-state index contributed by atoms with van der Waals surface area (Å²) in [4.78, 5) is 20.8. The summed E-state index contributed by atoms with van der Waals surface area (Å²) in [5, 5.41) is 0.471. The molecule has 13 heteroatoms. The first-order valence-electron chi connectivity index (χ1n) is 18.7. The molecule has 0 aliphatic carbocycles. The number of anilines is 2. The Bertz CT molecular complexity index is 2180. The van der Waals surface area contributed by atoms with Gasteiger partial charge in [-0.05, 0) is 85.8 Å². The highest BCUT2D eigenvalue weighted by atomic mass is 35.5. The zero-order chi connectivity index (χ0) is 38.4. The Balaban J connectivity index is 1.23. The van der Waals surface area contributed by atoms with Gasteiger partial charge in [0.1, 0.15) is 48.0 Å². The molecule has 8 rings (SSSR count). The van der Waals surface area contributed by atoms with Gasteiger partial charge in [-0.1, -0.05) is 35.9 Å². The lowest BCUT2D eigenvalue weighted by Crippen LogP contribution is -2.43. The first-order chi connectivity index (χ1) is 26.6. The van der Waals surface area contributed by atoms with Crippen LogP contribution < -0.4 is 28.7 Å². The van der Waals surface area contributed by atoms with E-state index in [4.69, 9.17) is 40.5 Å². The molecule has 10 nitrogen and oxygen atoms in total. The lowest BCUT2D eigenvalue weighted by Gasteiger charge is -2.31. The van der Waals surface area contributed by atoms with Crippen molar-refractivity contribution >= 4 is 34.1 Å². The van der Waals surface area contributed by atoms with Crippen LogP contribution in [0, 0.1) is 19.7 Å². The van der Waals surface area contributed by atoms with Gasteiger partial charge in [0.2, 0.25) is 0 Å². The first-order valence-corrected chi connectivity index (χ1v) is 19.0. The van der Waals surface area contributed by atoms with E-state index in [9.17, 15) is 4.39 Å². The van der Waals surface area contributed by atoms with E-state index in [1.54, 1.807) is 14.2 Å². The highest BCUT2D eigenvalue weighted by Gasteiger charge is 2.49. The predicted octanol–water partition coefficient (Wildman–Crippen LogP) is 8.11. The molecular weight excluding hydrogens is 726 g/mol. The van der Waals surface area contributed by atoms with Crippen molar-refractivity contribution in [2.24, 2.45) is 0 Å². The quantitative estimate of drug-likeness (QED) is 0.131. The van der Waals surface area contributed by atoms with E-state index < -0.39 is 17.5 Å². The van der Waals surface area contributed by atoms with Crippen LogP contribution in [0.1, 0.15) is 41.5 Å². The number of fused-ring (bicyclic) bond motifs is 1. The largest absolute Gasteiger partial charge is 0.497 e. The highest BCUT2D eigenvalue weighted by molar-refractivity contribution is 6.36. The van der Waals surface area contributed by atoms with Crippen LogP contribution in [0.5, 0.6) is 23.3 Å². The number of aryl methyl sites for hydroxylation is 1. The first kappa shape index (κ1) is 37.0. The van der Waals surface area contributed by atoms with E-state index in [0.29, 0.717) is 67.7 Å². The van der Waals surface area contributed by atoms with Crippen molar-refractivity contribution in [3.63, 3.8) is 0 Å².